The Hall–Kier alpha value is -2.18. The van der Waals surface area contributed by atoms with Crippen molar-refractivity contribution in [3.05, 3.63) is 58.9 Å². The summed E-state index contributed by atoms with van der Waals surface area (Å²) < 4.78 is 14.4. The lowest BCUT2D eigenvalue weighted by atomic mass is 10.1. The first-order valence-corrected chi connectivity index (χ1v) is 9.24. The largest absolute Gasteiger partial charge is 0.369 e. The number of rotatable bonds is 3. The molecule has 0 atom stereocenters. The fourth-order valence-corrected chi connectivity index (χ4v) is 3.25. The zero-order chi connectivity index (χ0) is 18.5. The number of hydrogen-bond acceptors (Lipinski definition) is 3. The highest BCUT2D eigenvalue weighted by Crippen LogP contribution is 2.25. The third-order valence-electron chi connectivity index (χ3n) is 4.24. The van der Waals surface area contributed by atoms with Crippen molar-refractivity contribution in [2.45, 2.75) is 19.3 Å². The molecule has 7 heteroatoms. The van der Waals surface area contributed by atoms with E-state index in [-0.39, 0.29) is 16.8 Å². The number of thiocarbonyl (C=S) groups is 1. The Morgan fingerprint density at radius 1 is 1.08 bits per heavy atom. The van der Waals surface area contributed by atoms with E-state index in [2.05, 4.69) is 15.5 Å². The minimum absolute atomic E-state index is 0.107. The predicted molar refractivity (Wildman–Crippen MR) is 108 cm³/mol. The summed E-state index contributed by atoms with van der Waals surface area (Å²) in [5, 5.41) is 6.06. The number of anilines is 2. The molecule has 26 heavy (non-hydrogen) atoms. The second-order valence-corrected chi connectivity index (χ2v) is 6.97. The van der Waals surface area contributed by atoms with Crippen LogP contribution in [0.2, 0.25) is 5.02 Å². The predicted octanol–water partition coefficient (Wildman–Crippen LogP) is 4.60. The Bertz CT molecular complexity index is 807. The number of halogens is 2. The maximum absolute atomic E-state index is 14.4. The quantitative estimate of drug-likeness (QED) is 0.751. The van der Waals surface area contributed by atoms with Crippen molar-refractivity contribution in [1.29, 1.82) is 0 Å². The van der Waals surface area contributed by atoms with E-state index < -0.39 is 0 Å². The third-order valence-corrected chi connectivity index (χ3v) is 4.69. The lowest BCUT2D eigenvalue weighted by molar-refractivity contribution is 0.0978. The van der Waals surface area contributed by atoms with Crippen molar-refractivity contribution < 1.29 is 9.18 Å². The fraction of sp³-hybridized carbons (Fsp3) is 0.263. The van der Waals surface area contributed by atoms with Crippen molar-refractivity contribution in [3.8, 4) is 0 Å². The van der Waals surface area contributed by atoms with Crippen LogP contribution in [-0.2, 0) is 0 Å². The van der Waals surface area contributed by atoms with E-state index in [9.17, 15) is 9.18 Å². The average molecular weight is 392 g/mol. The number of amides is 1. The summed E-state index contributed by atoms with van der Waals surface area (Å²) in [4.78, 5) is 14.2. The first-order chi connectivity index (χ1) is 12.5. The van der Waals surface area contributed by atoms with Crippen LogP contribution in [0.1, 0.15) is 29.6 Å². The van der Waals surface area contributed by atoms with Gasteiger partial charge in [-0.15, -0.1) is 0 Å². The SMILES string of the molecule is O=C(NC(=S)Nc1ccc(N2CCCCC2)c(F)c1)c1ccc(Cl)cc1. The van der Waals surface area contributed by atoms with Gasteiger partial charge in [0.05, 0.1) is 5.69 Å². The minimum Gasteiger partial charge on any atom is -0.369 e. The molecule has 2 aromatic rings. The van der Waals surface area contributed by atoms with E-state index in [0.29, 0.717) is 22.0 Å². The Balaban J connectivity index is 1.61. The number of nitrogens with one attached hydrogen (secondary N) is 2. The van der Waals surface area contributed by atoms with E-state index in [0.717, 1.165) is 25.9 Å². The summed E-state index contributed by atoms with van der Waals surface area (Å²) >= 11 is 10.9. The molecule has 0 aromatic heterocycles. The molecule has 1 fully saturated rings. The van der Waals surface area contributed by atoms with Gasteiger partial charge in [-0.25, -0.2) is 4.39 Å². The Morgan fingerprint density at radius 3 is 2.42 bits per heavy atom. The van der Waals surface area contributed by atoms with Crippen LogP contribution in [-0.4, -0.2) is 24.1 Å². The summed E-state index contributed by atoms with van der Waals surface area (Å²) in [6.07, 6.45) is 3.36. The van der Waals surface area contributed by atoms with Crippen molar-refractivity contribution in [2.24, 2.45) is 0 Å². The number of benzene rings is 2. The molecular formula is C19H19ClFN3OS. The first kappa shape index (κ1) is 18.6. The van der Waals surface area contributed by atoms with Crippen LogP contribution >= 0.6 is 23.8 Å². The highest BCUT2D eigenvalue weighted by atomic mass is 35.5. The van der Waals surface area contributed by atoms with Crippen LogP contribution in [0.15, 0.2) is 42.5 Å². The van der Waals surface area contributed by atoms with Gasteiger partial charge in [-0.3, -0.25) is 10.1 Å². The van der Waals surface area contributed by atoms with Gasteiger partial charge < -0.3 is 10.2 Å². The highest BCUT2D eigenvalue weighted by Gasteiger charge is 2.15. The third kappa shape index (κ3) is 4.71. The second-order valence-electron chi connectivity index (χ2n) is 6.13. The zero-order valence-electron chi connectivity index (χ0n) is 14.1. The van der Waals surface area contributed by atoms with Gasteiger partial charge >= 0.3 is 0 Å². The van der Waals surface area contributed by atoms with Gasteiger partial charge in [0.2, 0.25) is 0 Å². The lowest BCUT2D eigenvalue weighted by Crippen LogP contribution is -2.34. The van der Waals surface area contributed by atoms with Crippen molar-refractivity contribution >= 4 is 46.2 Å². The maximum atomic E-state index is 14.4. The molecule has 0 aliphatic carbocycles. The highest BCUT2D eigenvalue weighted by molar-refractivity contribution is 7.80. The number of hydrogen-bond donors (Lipinski definition) is 2. The maximum Gasteiger partial charge on any atom is 0.257 e. The van der Waals surface area contributed by atoms with Crippen LogP contribution in [0.25, 0.3) is 0 Å². The van der Waals surface area contributed by atoms with E-state index in [1.54, 1.807) is 36.4 Å². The molecule has 136 valence electrons. The van der Waals surface area contributed by atoms with Gasteiger partial charge in [0.1, 0.15) is 5.82 Å². The number of carbonyl (C=O) groups is 1. The van der Waals surface area contributed by atoms with Crippen LogP contribution in [0.3, 0.4) is 0 Å². The lowest BCUT2D eigenvalue weighted by Gasteiger charge is -2.29. The molecule has 0 unspecified atom stereocenters. The molecule has 1 aliphatic heterocycles. The molecule has 1 heterocycles. The smallest absolute Gasteiger partial charge is 0.257 e. The van der Waals surface area contributed by atoms with E-state index in [1.165, 1.54) is 12.5 Å². The summed E-state index contributed by atoms with van der Waals surface area (Å²) in [5.74, 6) is -0.659. The Labute approximate surface area is 162 Å². The van der Waals surface area contributed by atoms with Gasteiger partial charge in [0.25, 0.3) is 5.91 Å². The molecule has 4 nitrogen and oxygen atoms in total. The molecule has 0 saturated carbocycles. The summed E-state index contributed by atoms with van der Waals surface area (Å²) in [5.41, 5.74) is 1.53. The molecule has 3 rings (SSSR count). The van der Waals surface area contributed by atoms with Crippen molar-refractivity contribution in [1.82, 2.24) is 5.32 Å². The van der Waals surface area contributed by atoms with Gasteiger partial charge in [0, 0.05) is 29.4 Å². The number of piperidine rings is 1. The topological polar surface area (TPSA) is 44.4 Å². The molecule has 1 saturated heterocycles. The van der Waals surface area contributed by atoms with E-state index >= 15 is 0 Å². The second kappa shape index (κ2) is 8.47. The van der Waals surface area contributed by atoms with Crippen molar-refractivity contribution in [3.63, 3.8) is 0 Å². The van der Waals surface area contributed by atoms with Gasteiger partial charge in [-0.05, 0) is 73.9 Å². The standard InChI is InChI=1S/C19H19ClFN3OS/c20-14-6-4-13(5-7-14)18(25)23-19(26)22-15-8-9-17(16(21)12-15)24-10-2-1-3-11-24/h4-9,12H,1-3,10-11H2,(H2,22,23,25,26). The van der Waals surface area contributed by atoms with E-state index in [1.807, 2.05) is 0 Å². The average Bonchev–Trinajstić information content (AvgIpc) is 2.63. The van der Waals surface area contributed by atoms with Crippen molar-refractivity contribution in [2.75, 3.05) is 23.3 Å². The molecular weight excluding hydrogens is 373 g/mol. The molecule has 1 amide bonds. The Morgan fingerprint density at radius 2 is 1.77 bits per heavy atom. The Kier molecular flexibility index (Phi) is 6.06. The van der Waals surface area contributed by atoms with Gasteiger partial charge in [-0.2, -0.15) is 0 Å². The first-order valence-electron chi connectivity index (χ1n) is 8.45. The zero-order valence-corrected chi connectivity index (χ0v) is 15.7. The summed E-state index contributed by atoms with van der Waals surface area (Å²) in [6, 6.07) is 11.4. The van der Waals surface area contributed by atoms with Crippen LogP contribution in [0.4, 0.5) is 15.8 Å². The normalized spacial score (nSPS) is 14.0. The molecule has 2 aromatic carbocycles. The van der Waals surface area contributed by atoms with Gasteiger partial charge in [0.15, 0.2) is 5.11 Å². The molecule has 0 spiro atoms. The fourth-order valence-electron chi connectivity index (χ4n) is 2.91. The monoisotopic (exact) mass is 391 g/mol. The van der Waals surface area contributed by atoms with Gasteiger partial charge in [-0.1, -0.05) is 11.6 Å². The number of nitrogens with zero attached hydrogens (tertiary/aromatic N) is 1. The molecule has 2 N–H and O–H groups in total. The van der Waals surface area contributed by atoms with Crippen LogP contribution in [0, 0.1) is 5.82 Å². The van der Waals surface area contributed by atoms with E-state index in [4.69, 9.17) is 23.8 Å². The summed E-state index contributed by atoms with van der Waals surface area (Å²) in [6.45, 7) is 1.75. The molecule has 0 radical (unpaired) electrons. The molecule has 0 bridgehead atoms. The summed E-state index contributed by atoms with van der Waals surface area (Å²) in [7, 11) is 0. The van der Waals surface area contributed by atoms with Crippen LogP contribution in [0.5, 0.6) is 0 Å². The number of carbonyl (C=O) groups excluding carboxylic acids is 1. The molecule has 1 aliphatic rings. The minimum atomic E-state index is -0.357. The van der Waals surface area contributed by atoms with Crippen LogP contribution < -0.4 is 15.5 Å².